The molecule has 0 atom stereocenters. The molecule has 2 aromatic rings. The predicted molar refractivity (Wildman–Crippen MR) is 103 cm³/mol. The zero-order valence-corrected chi connectivity index (χ0v) is 15.5. The number of hydrogen-bond acceptors (Lipinski definition) is 5. The first kappa shape index (κ1) is 23.2. The second-order valence-corrected chi connectivity index (χ2v) is 4.72. The molecule has 0 aromatic heterocycles. The Labute approximate surface area is 159 Å². The lowest BCUT2D eigenvalue weighted by molar-refractivity contribution is -0.142. The Kier molecular flexibility index (Phi) is 14.0. The molecule has 0 amide bonds. The van der Waals surface area contributed by atoms with Crippen LogP contribution in [0.3, 0.4) is 0 Å². The standard InChI is InChI=1S/C9H9ClO2.C9H10O3.C2H4/c10-6-8(11)7-12-9-4-2-1-3-5-9;1-11-9(10)7-12-8-5-3-2-4-6-8;1-2/h1-5H,6-7H2;2-6H,7H2,1H3;1-2H2. The van der Waals surface area contributed by atoms with Crippen molar-refractivity contribution < 1.29 is 23.8 Å². The lowest BCUT2D eigenvalue weighted by Gasteiger charge is -2.02. The monoisotopic (exact) mass is 378 g/mol. The number of ether oxygens (including phenoxy) is 3. The Hall–Kier alpha value is -2.79. The number of rotatable bonds is 7. The van der Waals surface area contributed by atoms with E-state index in [4.69, 9.17) is 21.1 Å². The average molecular weight is 379 g/mol. The van der Waals surface area contributed by atoms with Crippen LogP contribution in [-0.4, -0.2) is 38.0 Å². The van der Waals surface area contributed by atoms with Gasteiger partial charge in [-0.25, -0.2) is 4.79 Å². The maximum absolute atomic E-state index is 10.7. The number of hydrogen-bond donors (Lipinski definition) is 0. The highest BCUT2D eigenvalue weighted by Gasteiger charge is 2.00. The number of para-hydroxylation sites is 2. The van der Waals surface area contributed by atoms with Crippen LogP contribution in [0.4, 0.5) is 0 Å². The molecule has 0 fully saturated rings. The number of carbonyl (C=O) groups excluding carboxylic acids is 2. The van der Waals surface area contributed by atoms with Gasteiger partial charge in [0.05, 0.1) is 13.0 Å². The van der Waals surface area contributed by atoms with Crippen LogP contribution in [0.15, 0.2) is 73.8 Å². The number of alkyl halides is 1. The summed E-state index contributed by atoms with van der Waals surface area (Å²) >= 11 is 5.29. The van der Waals surface area contributed by atoms with Crippen molar-refractivity contribution in [1.29, 1.82) is 0 Å². The summed E-state index contributed by atoms with van der Waals surface area (Å²) in [5.74, 6) is 0.880. The summed E-state index contributed by atoms with van der Waals surface area (Å²) in [5.41, 5.74) is 0. The van der Waals surface area contributed by atoms with Crippen LogP contribution >= 0.6 is 11.6 Å². The number of ketones is 1. The Morgan fingerprint density at radius 1 is 0.846 bits per heavy atom. The number of esters is 1. The van der Waals surface area contributed by atoms with Crippen LogP contribution in [0, 0.1) is 0 Å². The topological polar surface area (TPSA) is 61.8 Å². The van der Waals surface area contributed by atoms with Gasteiger partial charge in [0, 0.05) is 0 Å². The molecule has 0 radical (unpaired) electrons. The molecule has 0 N–H and O–H groups in total. The minimum atomic E-state index is -0.376. The molecular weight excluding hydrogens is 356 g/mol. The van der Waals surface area contributed by atoms with Crippen LogP contribution in [0.1, 0.15) is 0 Å². The summed E-state index contributed by atoms with van der Waals surface area (Å²) < 4.78 is 14.6. The minimum Gasteiger partial charge on any atom is -0.486 e. The van der Waals surface area contributed by atoms with E-state index in [0.717, 1.165) is 0 Å². The fourth-order valence-electron chi connectivity index (χ4n) is 1.44. The summed E-state index contributed by atoms with van der Waals surface area (Å²) in [4.78, 5) is 21.4. The molecule has 0 saturated carbocycles. The second-order valence-electron chi connectivity index (χ2n) is 4.45. The maximum Gasteiger partial charge on any atom is 0.343 e. The van der Waals surface area contributed by atoms with E-state index in [9.17, 15) is 9.59 Å². The molecule has 2 rings (SSSR count). The summed E-state index contributed by atoms with van der Waals surface area (Å²) in [6, 6.07) is 18.3. The van der Waals surface area contributed by atoms with Gasteiger partial charge in [-0.05, 0) is 24.3 Å². The van der Waals surface area contributed by atoms with E-state index in [-0.39, 0.29) is 30.8 Å². The lowest BCUT2D eigenvalue weighted by Crippen LogP contribution is -2.12. The van der Waals surface area contributed by atoms with Crippen molar-refractivity contribution in [2.45, 2.75) is 0 Å². The SMILES string of the molecule is C=C.COC(=O)COc1ccccc1.O=C(CCl)COc1ccccc1. The highest BCUT2D eigenvalue weighted by atomic mass is 35.5. The molecule has 0 bridgehead atoms. The third-order valence-corrected chi connectivity index (χ3v) is 2.92. The molecule has 0 unspecified atom stereocenters. The van der Waals surface area contributed by atoms with E-state index < -0.39 is 0 Å². The molecule has 0 heterocycles. The maximum atomic E-state index is 10.7. The van der Waals surface area contributed by atoms with Gasteiger partial charge >= 0.3 is 5.97 Å². The average Bonchev–Trinajstić information content (AvgIpc) is 2.73. The van der Waals surface area contributed by atoms with Crippen molar-refractivity contribution in [1.82, 2.24) is 0 Å². The first-order chi connectivity index (χ1) is 12.7. The van der Waals surface area contributed by atoms with E-state index in [1.807, 2.05) is 36.4 Å². The summed E-state index contributed by atoms with van der Waals surface area (Å²) in [5, 5.41) is 0. The van der Waals surface area contributed by atoms with Crippen LogP contribution in [0.5, 0.6) is 11.5 Å². The Morgan fingerprint density at radius 2 is 1.27 bits per heavy atom. The number of halogens is 1. The van der Waals surface area contributed by atoms with Crippen molar-refractivity contribution >= 4 is 23.4 Å². The van der Waals surface area contributed by atoms with Crippen molar-refractivity contribution in [3.8, 4) is 11.5 Å². The molecule has 0 aliphatic carbocycles. The quantitative estimate of drug-likeness (QED) is 0.415. The molecule has 0 spiro atoms. The Balaban J connectivity index is 0.000000439. The molecule has 140 valence electrons. The van der Waals surface area contributed by atoms with Gasteiger partial charge in [-0.1, -0.05) is 36.4 Å². The summed E-state index contributed by atoms with van der Waals surface area (Å²) in [7, 11) is 1.33. The van der Waals surface area contributed by atoms with Crippen molar-refractivity contribution in [2.24, 2.45) is 0 Å². The predicted octanol–water partition coefficient (Wildman–Crippen LogP) is 3.91. The molecule has 6 heteroatoms. The van der Waals surface area contributed by atoms with Crippen molar-refractivity contribution in [3.05, 3.63) is 73.8 Å². The number of carbonyl (C=O) groups is 2. The molecule has 26 heavy (non-hydrogen) atoms. The lowest BCUT2D eigenvalue weighted by atomic mass is 10.3. The molecule has 5 nitrogen and oxygen atoms in total. The van der Waals surface area contributed by atoms with E-state index in [1.165, 1.54) is 7.11 Å². The van der Waals surface area contributed by atoms with Crippen molar-refractivity contribution in [2.75, 3.05) is 26.2 Å². The van der Waals surface area contributed by atoms with Gasteiger partial charge in [-0.2, -0.15) is 0 Å². The van der Waals surface area contributed by atoms with Gasteiger partial charge < -0.3 is 14.2 Å². The van der Waals surface area contributed by atoms with Gasteiger partial charge in [0.2, 0.25) is 0 Å². The number of Topliss-reactive ketones (excluding diaryl/α,β-unsaturated/α-hetero) is 1. The fraction of sp³-hybridized carbons (Fsp3) is 0.200. The van der Waals surface area contributed by atoms with Crippen molar-refractivity contribution in [3.63, 3.8) is 0 Å². The highest BCUT2D eigenvalue weighted by Crippen LogP contribution is 2.08. The zero-order chi connectivity index (χ0) is 19.6. The molecule has 2 aromatic carbocycles. The van der Waals surface area contributed by atoms with E-state index in [1.54, 1.807) is 24.3 Å². The Morgan fingerprint density at radius 3 is 1.65 bits per heavy atom. The molecular formula is C20H23ClO5. The first-order valence-electron chi connectivity index (χ1n) is 7.66. The van der Waals surface area contributed by atoms with E-state index in [2.05, 4.69) is 17.9 Å². The van der Waals surface area contributed by atoms with Gasteiger partial charge in [0.1, 0.15) is 18.1 Å². The third-order valence-electron chi connectivity index (χ3n) is 2.62. The number of benzene rings is 2. The molecule has 0 aliphatic heterocycles. The first-order valence-corrected chi connectivity index (χ1v) is 8.19. The highest BCUT2D eigenvalue weighted by molar-refractivity contribution is 6.27. The second kappa shape index (κ2) is 15.7. The summed E-state index contributed by atoms with van der Waals surface area (Å²) in [6.07, 6.45) is 0. The Bertz CT molecular complexity index is 561. The van der Waals surface area contributed by atoms with E-state index >= 15 is 0 Å². The van der Waals surface area contributed by atoms with Gasteiger partial charge in [0.25, 0.3) is 0 Å². The van der Waals surface area contributed by atoms with Gasteiger partial charge in [-0.15, -0.1) is 24.8 Å². The van der Waals surface area contributed by atoms with E-state index in [0.29, 0.717) is 11.5 Å². The van der Waals surface area contributed by atoms with Crippen LogP contribution in [-0.2, 0) is 14.3 Å². The third kappa shape index (κ3) is 11.7. The zero-order valence-electron chi connectivity index (χ0n) is 14.7. The molecule has 0 aliphatic rings. The smallest absolute Gasteiger partial charge is 0.343 e. The van der Waals surface area contributed by atoms with Crippen LogP contribution < -0.4 is 9.47 Å². The van der Waals surface area contributed by atoms with Crippen LogP contribution in [0.25, 0.3) is 0 Å². The number of methoxy groups -OCH3 is 1. The fourth-order valence-corrected chi connectivity index (χ4v) is 1.51. The summed E-state index contributed by atoms with van der Waals surface area (Å²) in [6.45, 7) is 6.01. The van der Waals surface area contributed by atoms with Gasteiger partial charge in [0.15, 0.2) is 12.4 Å². The van der Waals surface area contributed by atoms with Crippen LogP contribution in [0.2, 0.25) is 0 Å². The van der Waals surface area contributed by atoms with Gasteiger partial charge in [-0.3, -0.25) is 4.79 Å². The normalized spacial score (nSPS) is 8.69. The molecule has 0 saturated heterocycles. The largest absolute Gasteiger partial charge is 0.486 e. The minimum absolute atomic E-state index is 0.00678.